The molecular weight excluding hydrogens is 176 g/mol. The zero-order valence-corrected chi connectivity index (χ0v) is 8.91. The first-order chi connectivity index (χ1) is 6.72. The molecule has 1 aromatic carbocycles. The molecule has 2 nitrogen and oxygen atoms in total. The molecule has 1 fully saturated rings. The van der Waals surface area contributed by atoms with E-state index in [-0.39, 0.29) is 6.10 Å². The Hall–Kier alpha value is -1.02. The highest BCUT2D eigenvalue weighted by Crippen LogP contribution is 2.37. The fraction of sp³-hybridized carbons (Fsp3) is 0.500. The lowest BCUT2D eigenvalue weighted by Crippen LogP contribution is -1.94. The van der Waals surface area contributed by atoms with Gasteiger partial charge in [-0.05, 0) is 23.6 Å². The maximum atomic E-state index is 5.30. The molecule has 1 aliphatic heterocycles. The number of epoxide rings is 1. The van der Waals surface area contributed by atoms with E-state index in [1.807, 2.05) is 6.07 Å². The van der Waals surface area contributed by atoms with Crippen LogP contribution in [-0.4, -0.2) is 13.7 Å². The van der Waals surface area contributed by atoms with Gasteiger partial charge in [0.05, 0.1) is 13.7 Å². The van der Waals surface area contributed by atoms with Gasteiger partial charge in [-0.25, -0.2) is 0 Å². The van der Waals surface area contributed by atoms with E-state index in [4.69, 9.17) is 9.47 Å². The molecule has 76 valence electrons. The summed E-state index contributed by atoms with van der Waals surface area (Å²) in [4.78, 5) is 0. The van der Waals surface area contributed by atoms with Crippen LogP contribution in [0.3, 0.4) is 0 Å². The largest absolute Gasteiger partial charge is 0.496 e. The summed E-state index contributed by atoms with van der Waals surface area (Å²) in [6.07, 6.45) is 0.267. The van der Waals surface area contributed by atoms with E-state index in [9.17, 15) is 0 Å². The number of rotatable bonds is 3. The maximum absolute atomic E-state index is 5.30. The second kappa shape index (κ2) is 3.62. The molecule has 0 N–H and O–H groups in total. The third-order valence-corrected chi connectivity index (χ3v) is 2.60. The van der Waals surface area contributed by atoms with Gasteiger partial charge in [-0.2, -0.15) is 0 Å². The van der Waals surface area contributed by atoms with Crippen molar-refractivity contribution in [1.82, 2.24) is 0 Å². The summed E-state index contributed by atoms with van der Waals surface area (Å²) in [6, 6.07) is 6.35. The minimum atomic E-state index is 0.267. The van der Waals surface area contributed by atoms with Crippen molar-refractivity contribution in [2.75, 3.05) is 13.7 Å². The number of ether oxygens (including phenoxy) is 2. The van der Waals surface area contributed by atoms with Crippen LogP contribution in [0.5, 0.6) is 5.75 Å². The lowest BCUT2D eigenvalue weighted by molar-refractivity contribution is 0.383. The van der Waals surface area contributed by atoms with E-state index in [0.717, 1.165) is 12.4 Å². The van der Waals surface area contributed by atoms with Crippen LogP contribution in [0.1, 0.15) is 37.0 Å². The predicted molar refractivity (Wildman–Crippen MR) is 55.8 cm³/mol. The Morgan fingerprint density at radius 1 is 1.43 bits per heavy atom. The molecule has 1 heterocycles. The average molecular weight is 192 g/mol. The van der Waals surface area contributed by atoms with Crippen LogP contribution in [0.25, 0.3) is 0 Å². The van der Waals surface area contributed by atoms with Crippen molar-refractivity contribution in [2.45, 2.75) is 25.9 Å². The van der Waals surface area contributed by atoms with Gasteiger partial charge in [-0.3, -0.25) is 0 Å². The summed E-state index contributed by atoms with van der Waals surface area (Å²) in [5, 5.41) is 0. The lowest BCUT2D eigenvalue weighted by atomic mass is 9.99. The Morgan fingerprint density at radius 2 is 2.14 bits per heavy atom. The highest BCUT2D eigenvalue weighted by molar-refractivity contribution is 5.41. The van der Waals surface area contributed by atoms with E-state index < -0.39 is 0 Å². The first-order valence-electron chi connectivity index (χ1n) is 5.02. The molecule has 1 aliphatic rings. The summed E-state index contributed by atoms with van der Waals surface area (Å²) >= 11 is 0. The van der Waals surface area contributed by atoms with Crippen molar-refractivity contribution in [3.05, 3.63) is 29.3 Å². The molecule has 0 amide bonds. The molecule has 2 rings (SSSR count). The third kappa shape index (κ3) is 1.75. The van der Waals surface area contributed by atoms with Crippen molar-refractivity contribution in [2.24, 2.45) is 0 Å². The SMILES string of the molecule is COc1ccc(C(C)C)cc1C1CO1. The molecule has 1 atom stereocenters. The van der Waals surface area contributed by atoms with Gasteiger partial charge in [0.25, 0.3) is 0 Å². The van der Waals surface area contributed by atoms with Gasteiger partial charge in [-0.15, -0.1) is 0 Å². The first kappa shape index (κ1) is 9.53. The molecule has 2 heteroatoms. The summed E-state index contributed by atoms with van der Waals surface area (Å²) in [5.41, 5.74) is 2.54. The summed E-state index contributed by atoms with van der Waals surface area (Å²) in [6.45, 7) is 5.22. The Morgan fingerprint density at radius 3 is 2.64 bits per heavy atom. The summed E-state index contributed by atoms with van der Waals surface area (Å²) in [5.74, 6) is 1.50. The van der Waals surface area contributed by atoms with E-state index in [0.29, 0.717) is 5.92 Å². The number of hydrogen-bond donors (Lipinski definition) is 0. The highest BCUT2D eigenvalue weighted by Gasteiger charge is 2.28. The van der Waals surface area contributed by atoms with Crippen molar-refractivity contribution in [3.8, 4) is 5.75 Å². The van der Waals surface area contributed by atoms with Gasteiger partial charge in [-0.1, -0.05) is 19.9 Å². The lowest BCUT2D eigenvalue weighted by Gasteiger charge is -2.10. The average Bonchev–Trinajstić information content (AvgIpc) is 3.00. The number of benzene rings is 1. The van der Waals surface area contributed by atoms with Gasteiger partial charge >= 0.3 is 0 Å². The normalized spacial score (nSPS) is 19.9. The second-order valence-corrected chi connectivity index (χ2v) is 3.98. The Kier molecular flexibility index (Phi) is 2.46. The molecule has 0 spiro atoms. The topological polar surface area (TPSA) is 21.8 Å². The standard InChI is InChI=1S/C12H16O2/c1-8(2)9-4-5-11(13-3)10(6-9)12-7-14-12/h4-6,8,12H,7H2,1-3H3. The zero-order chi connectivity index (χ0) is 10.1. The molecule has 0 aliphatic carbocycles. The second-order valence-electron chi connectivity index (χ2n) is 3.98. The molecule has 0 radical (unpaired) electrons. The van der Waals surface area contributed by atoms with Crippen LogP contribution in [0.15, 0.2) is 18.2 Å². The minimum absolute atomic E-state index is 0.267. The Labute approximate surface area is 84.8 Å². The first-order valence-corrected chi connectivity index (χ1v) is 5.02. The van der Waals surface area contributed by atoms with Crippen LogP contribution in [0, 0.1) is 0 Å². The van der Waals surface area contributed by atoms with E-state index >= 15 is 0 Å². The monoisotopic (exact) mass is 192 g/mol. The van der Waals surface area contributed by atoms with Crippen molar-refractivity contribution in [3.63, 3.8) is 0 Å². The van der Waals surface area contributed by atoms with Gasteiger partial charge in [0.1, 0.15) is 11.9 Å². The van der Waals surface area contributed by atoms with Crippen LogP contribution in [0.4, 0.5) is 0 Å². The van der Waals surface area contributed by atoms with E-state index in [1.165, 1.54) is 11.1 Å². The molecular formula is C12H16O2. The van der Waals surface area contributed by atoms with Gasteiger partial charge in [0, 0.05) is 5.56 Å². The van der Waals surface area contributed by atoms with Crippen molar-refractivity contribution >= 4 is 0 Å². The van der Waals surface area contributed by atoms with Crippen LogP contribution in [0.2, 0.25) is 0 Å². The molecule has 0 aromatic heterocycles. The van der Waals surface area contributed by atoms with E-state index in [2.05, 4.69) is 26.0 Å². The van der Waals surface area contributed by atoms with Gasteiger partial charge in [0.2, 0.25) is 0 Å². The third-order valence-electron chi connectivity index (χ3n) is 2.60. The quantitative estimate of drug-likeness (QED) is 0.687. The summed E-state index contributed by atoms with van der Waals surface area (Å²) < 4.78 is 10.6. The molecule has 0 saturated carbocycles. The molecule has 1 unspecified atom stereocenters. The fourth-order valence-corrected chi connectivity index (χ4v) is 1.59. The zero-order valence-electron chi connectivity index (χ0n) is 8.91. The Bertz CT molecular complexity index is 327. The predicted octanol–water partition coefficient (Wildman–Crippen LogP) is 2.89. The smallest absolute Gasteiger partial charge is 0.124 e. The van der Waals surface area contributed by atoms with Gasteiger partial charge in [0.15, 0.2) is 0 Å². The minimum Gasteiger partial charge on any atom is -0.496 e. The van der Waals surface area contributed by atoms with Crippen LogP contribution >= 0.6 is 0 Å². The molecule has 0 bridgehead atoms. The maximum Gasteiger partial charge on any atom is 0.124 e. The molecule has 1 saturated heterocycles. The van der Waals surface area contributed by atoms with Crippen molar-refractivity contribution < 1.29 is 9.47 Å². The number of methoxy groups -OCH3 is 1. The van der Waals surface area contributed by atoms with E-state index in [1.54, 1.807) is 7.11 Å². The summed E-state index contributed by atoms with van der Waals surface area (Å²) in [7, 11) is 1.70. The van der Waals surface area contributed by atoms with Gasteiger partial charge < -0.3 is 9.47 Å². The van der Waals surface area contributed by atoms with Crippen LogP contribution in [-0.2, 0) is 4.74 Å². The molecule has 1 aromatic rings. The number of hydrogen-bond acceptors (Lipinski definition) is 2. The molecule has 14 heavy (non-hydrogen) atoms. The Balaban J connectivity index is 2.36. The fourth-order valence-electron chi connectivity index (χ4n) is 1.59. The highest BCUT2D eigenvalue weighted by atomic mass is 16.6. The van der Waals surface area contributed by atoms with Crippen molar-refractivity contribution in [1.29, 1.82) is 0 Å². The van der Waals surface area contributed by atoms with Crippen LogP contribution < -0.4 is 4.74 Å².